The van der Waals surface area contributed by atoms with Crippen LogP contribution in [0.5, 0.6) is 0 Å². The fourth-order valence-electron chi connectivity index (χ4n) is 6.68. The van der Waals surface area contributed by atoms with Crippen molar-refractivity contribution in [3.63, 3.8) is 0 Å². The van der Waals surface area contributed by atoms with Crippen LogP contribution in [0.1, 0.15) is 5.56 Å². The van der Waals surface area contributed by atoms with E-state index in [0.717, 1.165) is 56.7 Å². The lowest BCUT2D eigenvalue weighted by atomic mass is 10.1. The number of hydrogen-bond donors (Lipinski definition) is 0. The largest absolute Gasteiger partial charge is 0.310 e. The second-order valence-corrected chi connectivity index (χ2v) is 11.9. The summed E-state index contributed by atoms with van der Waals surface area (Å²) in [6, 6.07) is 56.9. The number of pyridine rings is 1. The number of rotatable bonds is 6. The van der Waals surface area contributed by atoms with Gasteiger partial charge in [-0.25, -0.2) is 4.98 Å². The Morgan fingerprint density at radius 2 is 1.12 bits per heavy atom. The van der Waals surface area contributed by atoms with Crippen LogP contribution in [0.3, 0.4) is 0 Å². The zero-order chi connectivity index (χ0) is 32.0. The number of aryl methyl sites for hydroxylation is 1. The van der Waals surface area contributed by atoms with E-state index in [-0.39, 0.29) is 0 Å². The molecule has 1 aliphatic heterocycles. The van der Waals surface area contributed by atoms with Gasteiger partial charge in [-0.3, -0.25) is 4.57 Å². The minimum Gasteiger partial charge on any atom is -0.310 e. The molecule has 0 saturated heterocycles. The SMILES string of the molecule is Cc1ccnc(-n2c3ccccc3c3ccc(N(c4ccccc4)c4cccc(N5ON(c6ccccc6)c6ccccc65)c4)cc32)c1. The molecule has 48 heavy (non-hydrogen) atoms. The smallest absolute Gasteiger partial charge is 0.137 e. The van der Waals surface area contributed by atoms with Gasteiger partial charge >= 0.3 is 0 Å². The molecule has 8 aromatic rings. The molecule has 0 unspecified atom stereocenters. The van der Waals surface area contributed by atoms with E-state index in [4.69, 9.17) is 9.92 Å². The van der Waals surface area contributed by atoms with Gasteiger partial charge in [0.2, 0.25) is 0 Å². The fraction of sp³-hybridized carbons (Fsp3) is 0.0238. The van der Waals surface area contributed by atoms with E-state index < -0.39 is 0 Å². The molecule has 3 heterocycles. The van der Waals surface area contributed by atoms with Crippen molar-refractivity contribution in [2.45, 2.75) is 6.92 Å². The van der Waals surface area contributed by atoms with Crippen LogP contribution in [0.4, 0.5) is 39.8 Å². The molecule has 6 aromatic carbocycles. The summed E-state index contributed by atoms with van der Waals surface area (Å²) in [6.45, 7) is 2.11. The molecule has 0 spiro atoms. The molecule has 0 saturated carbocycles. The van der Waals surface area contributed by atoms with Crippen molar-refractivity contribution in [2.75, 3.05) is 15.0 Å². The Morgan fingerprint density at radius 3 is 1.92 bits per heavy atom. The first-order valence-electron chi connectivity index (χ1n) is 16.1. The van der Waals surface area contributed by atoms with Crippen LogP contribution in [0.25, 0.3) is 27.6 Å². The molecular formula is C42H31N5O. The van der Waals surface area contributed by atoms with Gasteiger partial charge in [-0.1, -0.05) is 78.9 Å². The summed E-state index contributed by atoms with van der Waals surface area (Å²) in [5, 5.41) is 6.16. The first kappa shape index (κ1) is 27.9. The molecular weight excluding hydrogens is 590 g/mol. The molecule has 0 bridgehead atoms. The second kappa shape index (κ2) is 11.5. The zero-order valence-corrected chi connectivity index (χ0v) is 26.3. The summed E-state index contributed by atoms with van der Waals surface area (Å²) in [6.07, 6.45) is 1.88. The molecule has 9 rings (SSSR count). The monoisotopic (exact) mass is 621 g/mol. The Balaban J connectivity index is 1.20. The number of aromatic nitrogens is 2. The Kier molecular flexibility index (Phi) is 6.66. The lowest BCUT2D eigenvalue weighted by Crippen LogP contribution is -2.21. The maximum atomic E-state index is 6.55. The van der Waals surface area contributed by atoms with Gasteiger partial charge in [0.15, 0.2) is 0 Å². The van der Waals surface area contributed by atoms with Crippen molar-refractivity contribution < 1.29 is 4.94 Å². The van der Waals surface area contributed by atoms with Crippen LogP contribution in [-0.2, 0) is 4.94 Å². The van der Waals surface area contributed by atoms with Gasteiger partial charge in [-0.2, -0.15) is 10.1 Å². The first-order valence-corrected chi connectivity index (χ1v) is 16.1. The quantitative estimate of drug-likeness (QED) is 0.185. The van der Waals surface area contributed by atoms with Crippen LogP contribution in [0, 0.1) is 6.92 Å². The summed E-state index contributed by atoms with van der Waals surface area (Å²) in [5.41, 5.74) is 10.3. The van der Waals surface area contributed by atoms with Gasteiger partial charge in [0.25, 0.3) is 0 Å². The lowest BCUT2D eigenvalue weighted by Gasteiger charge is -2.27. The van der Waals surface area contributed by atoms with Gasteiger partial charge in [-0.05, 0) is 97.4 Å². The Morgan fingerprint density at radius 1 is 0.500 bits per heavy atom. The molecule has 0 N–H and O–H groups in total. The average molecular weight is 622 g/mol. The van der Waals surface area contributed by atoms with Crippen molar-refractivity contribution >= 4 is 61.6 Å². The highest BCUT2D eigenvalue weighted by atomic mass is 16.8. The highest BCUT2D eigenvalue weighted by molar-refractivity contribution is 6.10. The van der Waals surface area contributed by atoms with E-state index in [1.807, 2.05) is 52.7 Å². The molecule has 6 nitrogen and oxygen atoms in total. The molecule has 230 valence electrons. The number of anilines is 7. The lowest BCUT2D eigenvalue weighted by molar-refractivity contribution is 0.156. The van der Waals surface area contributed by atoms with Crippen LogP contribution in [0.15, 0.2) is 170 Å². The van der Waals surface area contributed by atoms with Gasteiger partial charge in [0, 0.05) is 34.0 Å². The standard InChI is InChI=1S/C42H31N5O/c1-30-25-26-43-42(27-30)45-38-20-9-8-19-36(38)37-24-23-34(29-41(37)45)44(31-13-4-2-5-14-31)33-17-12-18-35(28-33)47-40-22-11-10-21-39(40)46(48-47)32-15-6-3-7-16-32/h2-29H,1H3. The van der Waals surface area contributed by atoms with Gasteiger partial charge in [0.05, 0.1) is 33.8 Å². The molecule has 0 amide bonds. The van der Waals surface area contributed by atoms with Crippen molar-refractivity contribution in [2.24, 2.45) is 0 Å². The zero-order valence-electron chi connectivity index (χ0n) is 26.3. The molecule has 0 fully saturated rings. The molecule has 6 heteroatoms. The summed E-state index contributed by atoms with van der Waals surface area (Å²) in [4.78, 5) is 13.7. The van der Waals surface area contributed by atoms with Crippen molar-refractivity contribution in [3.8, 4) is 5.82 Å². The topological polar surface area (TPSA) is 36.8 Å². The summed E-state index contributed by atoms with van der Waals surface area (Å²) in [7, 11) is 0. The summed E-state index contributed by atoms with van der Waals surface area (Å²) < 4.78 is 2.27. The second-order valence-electron chi connectivity index (χ2n) is 11.9. The number of nitrogens with zero attached hydrogens (tertiary/aromatic N) is 5. The number of para-hydroxylation sites is 5. The number of fused-ring (bicyclic) bond motifs is 4. The maximum Gasteiger partial charge on any atom is 0.137 e. The van der Waals surface area contributed by atoms with Gasteiger partial charge in [-0.15, -0.1) is 4.94 Å². The van der Waals surface area contributed by atoms with E-state index in [0.29, 0.717) is 0 Å². The van der Waals surface area contributed by atoms with E-state index in [9.17, 15) is 0 Å². The van der Waals surface area contributed by atoms with Crippen molar-refractivity contribution in [1.82, 2.24) is 9.55 Å². The normalized spacial score (nSPS) is 12.5. The van der Waals surface area contributed by atoms with E-state index in [2.05, 4.69) is 144 Å². The van der Waals surface area contributed by atoms with Crippen LogP contribution < -0.4 is 15.0 Å². The van der Waals surface area contributed by atoms with E-state index in [1.165, 1.54) is 16.3 Å². The third-order valence-corrected chi connectivity index (χ3v) is 8.86. The maximum absolute atomic E-state index is 6.55. The van der Waals surface area contributed by atoms with Crippen molar-refractivity contribution in [3.05, 3.63) is 176 Å². The van der Waals surface area contributed by atoms with Crippen LogP contribution >= 0.6 is 0 Å². The van der Waals surface area contributed by atoms with Gasteiger partial charge in [0.1, 0.15) is 5.82 Å². The summed E-state index contributed by atoms with van der Waals surface area (Å²) >= 11 is 0. The minimum absolute atomic E-state index is 0.902. The molecule has 0 atom stereocenters. The summed E-state index contributed by atoms with van der Waals surface area (Å²) in [5.74, 6) is 0.902. The highest BCUT2D eigenvalue weighted by Crippen LogP contribution is 2.46. The number of hydrogen-bond acceptors (Lipinski definition) is 5. The van der Waals surface area contributed by atoms with E-state index in [1.54, 1.807) is 0 Å². The third kappa shape index (κ3) is 4.66. The minimum atomic E-state index is 0.902. The van der Waals surface area contributed by atoms with Gasteiger partial charge < -0.3 is 4.90 Å². The van der Waals surface area contributed by atoms with Crippen LogP contribution in [-0.4, -0.2) is 9.55 Å². The Bertz CT molecular complexity index is 2420. The van der Waals surface area contributed by atoms with Crippen LogP contribution in [0.2, 0.25) is 0 Å². The highest BCUT2D eigenvalue weighted by Gasteiger charge is 2.30. The average Bonchev–Trinajstić information content (AvgIpc) is 3.69. The predicted octanol–water partition coefficient (Wildman–Crippen LogP) is 11.1. The molecule has 0 aliphatic carbocycles. The molecule has 2 aromatic heterocycles. The number of benzene rings is 6. The predicted molar refractivity (Wildman–Crippen MR) is 196 cm³/mol. The Hall–Kier alpha value is -6.37. The third-order valence-electron chi connectivity index (χ3n) is 8.86. The van der Waals surface area contributed by atoms with Crippen molar-refractivity contribution in [1.29, 1.82) is 0 Å². The Labute approximate surface area is 278 Å². The first-order chi connectivity index (χ1) is 23.7. The fourth-order valence-corrected chi connectivity index (χ4v) is 6.68. The molecule has 0 radical (unpaired) electrons. The molecule has 1 aliphatic rings. The van der Waals surface area contributed by atoms with E-state index >= 15 is 0 Å².